The minimum Gasteiger partial charge on any atom is -0.378 e. The smallest absolute Gasteiger partial charge is 0.0701 e. The van der Waals surface area contributed by atoms with Gasteiger partial charge in [-0.3, -0.25) is 0 Å². The zero-order valence-electron chi connectivity index (χ0n) is 14.7. The molecule has 0 N–H and O–H groups in total. The molecule has 0 fully saturated rings. The predicted molar refractivity (Wildman–Crippen MR) is 111 cm³/mol. The van der Waals surface area contributed by atoms with Gasteiger partial charge in [0, 0.05) is 22.0 Å². The molecule has 0 aromatic rings. The Kier molecular flexibility index (Phi) is 19.8. The van der Waals surface area contributed by atoms with E-state index in [1.54, 1.807) is 0 Å². The predicted octanol–water partition coefficient (Wildman–Crippen LogP) is 4.77. The van der Waals surface area contributed by atoms with Crippen molar-refractivity contribution in [3.63, 3.8) is 0 Å². The summed E-state index contributed by atoms with van der Waals surface area (Å²) in [5.41, 5.74) is 0. The average Bonchev–Trinajstić information content (AvgIpc) is 2.53. The molecule has 0 aliphatic carbocycles. The molecule has 0 amide bonds. The first kappa shape index (κ1) is 23.3. The van der Waals surface area contributed by atoms with Crippen LogP contribution in [0.1, 0.15) is 27.7 Å². The molecule has 0 saturated heterocycles. The minimum atomic E-state index is 0.624. The molecule has 0 aromatic carbocycles. The first-order valence-corrected chi connectivity index (χ1v) is 12.7. The van der Waals surface area contributed by atoms with Gasteiger partial charge in [0.1, 0.15) is 0 Å². The van der Waals surface area contributed by atoms with E-state index in [0.29, 0.717) is 10.5 Å². The Hall–Kier alpha value is 1.32. The summed E-state index contributed by atoms with van der Waals surface area (Å²) in [4.78, 5) is 0. The standard InChI is InChI=1S/C16H34O2S4/c1-5-19-13-15(21-7-3)11-17-9-10-18-12-16(22-8-4)14-20-6-2/h15-16H,5-14H2,1-4H3. The third kappa shape index (κ3) is 14.9. The minimum absolute atomic E-state index is 0.624. The second-order valence-electron chi connectivity index (χ2n) is 4.62. The fourth-order valence-corrected chi connectivity index (χ4v) is 5.67. The van der Waals surface area contributed by atoms with E-state index in [4.69, 9.17) is 9.47 Å². The normalized spacial score (nSPS) is 14.2. The van der Waals surface area contributed by atoms with Gasteiger partial charge in [-0.15, -0.1) is 0 Å². The molecule has 2 unspecified atom stereocenters. The van der Waals surface area contributed by atoms with Crippen molar-refractivity contribution in [3.05, 3.63) is 0 Å². The maximum absolute atomic E-state index is 5.80. The van der Waals surface area contributed by atoms with Gasteiger partial charge in [0.2, 0.25) is 0 Å². The molecular formula is C16H34O2S4. The third-order valence-corrected chi connectivity index (χ3v) is 7.53. The van der Waals surface area contributed by atoms with Crippen molar-refractivity contribution in [2.45, 2.75) is 38.2 Å². The molecule has 0 rings (SSSR count). The fourth-order valence-electron chi connectivity index (χ4n) is 1.81. The van der Waals surface area contributed by atoms with Crippen LogP contribution in [0.4, 0.5) is 0 Å². The van der Waals surface area contributed by atoms with Crippen LogP contribution in [0.5, 0.6) is 0 Å². The lowest BCUT2D eigenvalue weighted by Gasteiger charge is -2.17. The van der Waals surface area contributed by atoms with Crippen LogP contribution >= 0.6 is 47.0 Å². The molecule has 0 radical (unpaired) electrons. The van der Waals surface area contributed by atoms with Crippen molar-refractivity contribution in [1.29, 1.82) is 0 Å². The third-order valence-electron chi connectivity index (χ3n) is 2.80. The summed E-state index contributed by atoms with van der Waals surface area (Å²) in [5.74, 6) is 7.10. The zero-order valence-corrected chi connectivity index (χ0v) is 17.9. The highest BCUT2D eigenvalue weighted by Crippen LogP contribution is 2.17. The lowest BCUT2D eigenvalue weighted by atomic mass is 10.5. The highest BCUT2D eigenvalue weighted by atomic mass is 32.2. The van der Waals surface area contributed by atoms with E-state index < -0.39 is 0 Å². The molecule has 0 bridgehead atoms. The summed E-state index contributed by atoms with van der Waals surface area (Å²) in [6.45, 7) is 12.0. The van der Waals surface area contributed by atoms with Crippen molar-refractivity contribution in [2.75, 3.05) is 60.9 Å². The van der Waals surface area contributed by atoms with E-state index in [9.17, 15) is 0 Å². The molecule has 6 heteroatoms. The van der Waals surface area contributed by atoms with Crippen molar-refractivity contribution >= 4 is 47.0 Å². The van der Waals surface area contributed by atoms with E-state index in [1.165, 1.54) is 34.5 Å². The van der Waals surface area contributed by atoms with Crippen LogP contribution in [0.2, 0.25) is 0 Å². The monoisotopic (exact) mass is 386 g/mol. The van der Waals surface area contributed by atoms with Crippen LogP contribution in [-0.4, -0.2) is 71.4 Å². The van der Waals surface area contributed by atoms with E-state index >= 15 is 0 Å². The Balaban J connectivity index is 3.63. The number of ether oxygens (including phenoxy) is 2. The average molecular weight is 387 g/mol. The maximum atomic E-state index is 5.80. The molecule has 0 spiro atoms. The van der Waals surface area contributed by atoms with Crippen LogP contribution in [0.25, 0.3) is 0 Å². The van der Waals surface area contributed by atoms with Crippen molar-refractivity contribution in [2.24, 2.45) is 0 Å². The Bertz CT molecular complexity index is 198. The van der Waals surface area contributed by atoms with Gasteiger partial charge in [-0.2, -0.15) is 47.0 Å². The van der Waals surface area contributed by atoms with Gasteiger partial charge >= 0.3 is 0 Å². The summed E-state index contributed by atoms with van der Waals surface area (Å²) < 4.78 is 11.6. The van der Waals surface area contributed by atoms with Crippen molar-refractivity contribution in [3.8, 4) is 0 Å². The fraction of sp³-hybridized carbons (Fsp3) is 1.00. The molecule has 0 aliphatic heterocycles. The second kappa shape index (κ2) is 18.7. The van der Waals surface area contributed by atoms with Crippen LogP contribution in [0, 0.1) is 0 Å². The summed E-state index contributed by atoms with van der Waals surface area (Å²) >= 11 is 8.02. The van der Waals surface area contributed by atoms with Gasteiger partial charge in [0.15, 0.2) is 0 Å². The number of thioether (sulfide) groups is 4. The molecule has 134 valence electrons. The highest BCUT2D eigenvalue weighted by molar-refractivity contribution is 8.03. The van der Waals surface area contributed by atoms with Gasteiger partial charge in [-0.25, -0.2) is 0 Å². The maximum Gasteiger partial charge on any atom is 0.0701 e. The first-order chi connectivity index (χ1) is 10.8. The Morgan fingerprint density at radius 1 is 0.636 bits per heavy atom. The van der Waals surface area contributed by atoms with Gasteiger partial charge < -0.3 is 9.47 Å². The highest BCUT2D eigenvalue weighted by Gasteiger charge is 2.10. The Morgan fingerprint density at radius 2 is 1.05 bits per heavy atom. The van der Waals surface area contributed by atoms with Gasteiger partial charge in [0.25, 0.3) is 0 Å². The van der Waals surface area contributed by atoms with Gasteiger partial charge in [0.05, 0.1) is 26.4 Å². The molecule has 0 saturated carbocycles. The van der Waals surface area contributed by atoms with Crippen LogP contribution in [0.3, 0.4) is 0 Å². The molecule has 0 heterocycles. The van der Waals surface area contributed by atoms with Crippen LogP contribution in [-0.2, 0) is 9.47 Å². The number of hydrogen-bond donors (Lipinski definition) is 0. The first-order valence-electron chi connectivity index (χ1n) is 8.32. The molecular weight excluding hydrogens is 352 g/mol. The van der Waals surface area contributed by atoms with Gasteiger partial charge in [-0.1, -0.05) is 27.7 Å². The van der Waals surface area contributed by atoms with E-state index in [2.05, 4.69) is 27.7 Å². The van der Waals surface area contributed by atoms with Crippen molar-refractivity contribution in [1.82, 2.24) is 0 Å². The summed E-state index contributed by atoms with van der Waals surface area (Å²) in [6, 6.07) is 0. The molecule has 0 aromatic heterocycles. The molecule has 22 heavy (non-hydrogen) atoms. The quantitative estimate of drug-likeness (QED) is 0.333. The largest absolute Gasteiger partial charge is 0.378 e. The zero-order chi connectivity index (χ0) is 16.5. The summed E-state index contributed by atoms with van der Waals surface area (Å²) in [5, 5.41) is 1.25. The number of hydrogen-bond acceptors (Lipinski definition) is 6. The van der Waals surface area contributed by atoms with Gasteiger partial charge in [-0.05, 0) is 23.0 Å². The molecule has 2 nitrogen and oxygen atoms in total. The lowest BCUT2D eigenvalue weighted by Crippen LogP contribution is -2.20. The van der Waals surface area contributed by atoms with Crippen LogP contribution in [0.15, 0.2) is 0 Å². The lowest BCUT2D eigenvalue weighted by molar-refractivity contribution is 0.0513. The van der Waals surface area contributed by atoms with Crippen molar-refractivity contribution < 1.29 is 9.47 Å². The second-order valence-corrected chi connectivity index (χ2v) is 10.4. The van der Waals surface area contributed by atoms with E-state index in [1.807, 2.05) is 47.0 Å². The topological polar surface area (TPSA) is 18.5 Å². The Morgan fingerprint density at radius 3 is 1.36 bits per heavy atom. The van der Waals surface area contributed by atoms with E-state index in [0.717, 1.165) is 26.4 Å². The summed E-state index contributed by atoms with van der Waals surface area (Å²) in [7, 11) is 0. The summed E-state index contributed by atoms with van der Waals surface area (Å²) in [6.07, 6.45) is 0. The van der Waals surface area contributed by atoms with E-state index in [-0.39, 0.29) is 0 Å². The molecule has 0 aliphatic rings. The Labute approximate surface area is 155 Å². The van der Waals surface area contributed by atoms with Crippen LogP contribution < -0.4 is 0 Å². The number of rotatable bonds is 17. The molecule has 2 atom stereocenters. The SMILES string of the molecule is CCSCC(COCCOCC(CSCC)SCC)SCC.